The predicted molar refractivity (Wildman–Crippen MR) is 143 cm³/mol. The van der Waals surface area contributed by atoms with Crippen LogP contribution in [0.15, 0.2) is 58.9 Å². The van der Waals surface area contributed by atoms with Gasteiger partial charge in [0.1, 0.15) is 6.54 Å². The number of benzene rings is 2. The third kappa shape index (κ3) is 6.67. The van der Waals surface area contributed by atoms with Crippen molar-refractivity contribution in [3.05, 3.63) is 68.8 Å². The molecule has 0 aliphatic carbocycles. The van der Waals surface area contributed by atoms with E-state index < -0.39 is 16.8 Å². The van der Waals surface area contributed by atoms with Gasteiger partial charge in [0.15, 0.2) is 9.93 Å². The predicted octanol–water partition coefficient (Wildman–Crippen LogP) is 3.71. The first-order valence-corrected chi connectivity index (χ1v) is 13.5. The molecule has 0 radical (unpaired) electrons. The van der Waals surface area contributed by atoms with E-state index in [0.717, 1.165) is 34.4 Å². The third-order valence-corrected chi connectivity index (χ3v) is 7.61. The maximum atomic E-state index is 12.5. The van der Waals surface area contributed by atoms with Crippen molar-refractivity contribution in [1.29, 1.82) is 0 Å². The molecule has 11 nitrogen and oxygen atoms in total. The number of hydrogen-bond donors (Lipinski definition) is 1. The lowest BCUT2D eigenvalue weighted by molar-refractivity contribution is -0.384. The lowest BCUT2D eigenvalue weighted by atomic mass is 10.2. The summed E-state index contributed by atoms with van der Waals surface area (Å²) in [5.74, 6) is -1.44. The first-order chi connectivity index (χ1) is 17.8. The molecule has 0 bridgehead atoms. The number of non-ortho nitro benzene ring substituents is 1. The molecular formula is C23H19N5O6S3. The van der Waals surface area contributed by atoms with Gasteiger partial charge in [-0.2, -0.15) is 4.99 Å². The van der Waals surface area contributed by atoms with Crippen LogP contribution in [0, 0.1) is 10.1 Å². The zero-order chi connectivity index (χ0) is 26.4. The zero-order valence-corrected chi connectivity index (χ0v) is 21.7. The number of anilines is 1. The van der Waals surface area contributed by atoms with Crippen LogP contribution in [0.25, 0.3) is 21.5 Å². The lowest BCUT2D eigenvalue weighted by Gasteiger charge is -2.03. The Morgan fingerprint density at radius 1 is 1.19 bits per heavy atom. The molecule has 14 heteroatoms. The van der Waals surface area contributed by atoms with Gasteiger partial charge in [0.05, 0.1) is 39.4 Å². The lowest BCUT2D eigenvalue weighted by Crippen LogP contribution is -2.23. The highest BCUT2D eigenvalue weighted by atomic mass is 32.2. The Morgan fingerprint density at radius 3 is 2.70 bits per heavy atom. The Hall–Kier alpha value is -3.88. The van der Waals surface area contributed by atoms with Crippen LogP contribution < -0.4 is 10.1 Å². The summed E-state index contributed by atoms with van der Waals surface area (Å²) < 4.78 is 6.68. The molecule has 2 amide bonds. The summed E-state index contributed by atoms with van der Waals surface area (Å²) in [5, 5.41) is 16.1. The second-order valence-electron chi connectivity index (χ2n) is 7.41. The molecule has 0 atom stereocenters. The normalized spacial score (nSPS) is 11.4. The summed E-state index contributed by atoms with van der Waals surface area (Å²) in [7, 11) is 1.24. The standard InChI is InChI=1S/C23H19N5O6S3/c1-34-21(31)10-27-17-8-7-15(28(32)33)9-18(17)37-23(27)26-20(30)13-35-12-19(29)25-22-24-16(11-36-22)14-5-3-2-4-6-14/h2-9,11H,10,12-13H2,1H3,(H,24,25,29). The fourth-order valence-corrected chi connectivity index (χ4v) is 5.62. The SMILES string of the molecule is COC(=O)Cn1c(=NC(=O)CSCC(=O)Nc2nc(-c3ccccc3)cs2)sc2cc([N+](=O)[O-])ccc21. The Morgan fingerprint density at radius 2 is 1.97 bits per heavy atom. The van der Waals surface area contributed by atoms with E-state index >= 15 is 0 Å². The number of carbonyl (C=O) groups excluding carboxylic acids is 3. The Bertz CT molecular complexity index is 1540. The largest absolute Gasteiger partial charge is 0.468 e. The average Bonchev–Trinajstić information content (AvgIpc) is 3.48. The van der Waals surface area contributed by atoms with Crippen molar-refractivity contribution in [2.24, 2.45) is 4.99 Å². The van der Waals surface area contributed by atoms with Crippen LogP contribution in [0.1, 0.15) is 0 Å². The second kappa shape index (κ2) is 11.9. The maximum Gasteiger partial charge on any atom is 0.325 e. The molecule has 0 unspecified atom stereocenters. The Balaban J connectivity index is 1.40. The number of nitrogens with one attached hydrogen (secondary N) is 1. The van der Waals surface area contributed by atoms with Crippen molar-refractivity contribution >= 4 is 73.3 Å². The van der Waals surface area contributed by atoms with Crippen LogP contribution in [0.4, 0.5) is 10.8 Å². The quantitative estimate of drug-likeness (QED) is 0.186. The number of rotatable bonds is 9. The molecule has 190 valence electrons. The highest BCUT2D eigenvalue weighted by molar-refractivity contribution is 8.00. The van der Waals surface area contributed by atoms with Crippen LogP contribution in [-0.2, 0) is 25.7 Å². The third-order valence-electron chi connectivity index (χ3n) is 4.89. The maximum absolute atomic E-state index is 12.5. The number of thiazole rings is 2. The molecule has 4 aromatic rings. The number of esters is 1. The molecule has 0 spiro atoms. The topological polar surface area (TPSA) is 146 Å². The molecule has 2 aromatic carbocycles. The van der Waals surface area contributed by atoms with E-state index in [0.29, 0.717) is 15.3 Å². The van der Waals surface area contributed by atoms with E-state index in [1.807, 2.05) is 35.7 Å². The number of thioether (sulfide) groups is 1. The smallest absolute Gasteiger partial charge is 0.325 e. The van der Waals surface area contributed by atoms with Crippen LogP contribution in [-0.4, -0.2) is 50.9 Å². The first kappa shape index (κ1) is 26.2. The minimum atomic E-state index is -0.560. The van der Waals surface area contributed by atoms with Gasteiger partial charge in [0, 0.05) is 23.1 Å². The number of nitrogens with zero attached hydrogens (tertiary/aromatic N) is 4. The summed E-state index contributed by atoms with van der Waals surface area (Å²) in [6, 6.07) is 13.8. The minimum absolute atomic E-state index is 0.0162. The number of carbonyl (C=O) groups is 3. The van der Waals surface area contributed by atoms with E-state index in [1.165, 1.54) is 41.2 Å². The number of nitro benzene ring substituents is 1. The van der Waals surface area contributed by atoms with Crippen LogP contribution in [0.2, 0.25) is 0 Å². The number of nitro groups is 1. The second-order valence-corrected chi connectivity index (χ2v) is 10.3. The molecule has 2 aromatic heterocycles. The number of aromatic nitrogens is 2. The summed E-state index contributed by atoms with van der Waals surface area (Å²) in [4.78, 5) is 56.0. The van der Waals surface area contributed by atoms with E-state index in [9.17, 15) is 24.5 Å². The Kier molecular flexibility index (Phi) is 8.43. The van der Waals surface area contributed by atoms with Crippen molar-refractivity contribution < 1.29 is 24.0 Å². The molecule has 1 N–H and O–H groups in total. The van der Waals surface area contributed by atoms with Crippen molar-refractivity contribution in [2.45, 2.75) is 6.54 Å². The van der Waals surface area contributed by atoms with Gasteiger partial charge in [-0.05, 0) is 6.07 Å². The number of fused-ring (bicyclic) bond motifs is 1. The van der Waals surface area contributed by atoms with Gasteiger partial charge in [-0.15, -0.1) is 23.1 Å². The average molecular weight is 558 g/mol. The first-order valence-electron chi connectivity index (χ1n) is 10.6. The van der Waals surface area contributed by atoms with E-state index in [-0.39, 0.29) is 34.4 Å². The van der Waals surface area contributed by atoms with Crippen LogP contribution in [0.5, 0.6) is 0 Å². The van der Waals surface area contributed by atoms with Gasteiger partial charge in [-0.25, -0.2) is 4.98 Å². The molecule has 0 saturated heterocycles. The minimum Gasteiger partial charge on any atom is -0.468 e. The van der Waals surface area contributed by atoms with Crippen molar-refractivity contribution in [2.75, 3.05) is 23.9 Å². The summed E-state index contributed by atoms with van der Waals surface area (Å²) >= 11 is 3.44. The molecule has 0 fully saturated rings. The molecule has 0 aliphatic rings. The van der Waals surface area contributed by atoms with E-state index in [4.69, 9.17) is 4.74 Å². The molecule has 4 rings (SSSR count). The van der Waals surface area contributed by atoms with Gasteiger partial charge in [-0.3, -0.25) is 24.5 Å². The molecule has 2 heterocycles. The van der Waals surface area contributed by atoms with Gasteiger partial charge < -0.3 is 14.6 Å². The fraction of sp³-hybridized carbons (Fsp3) is 0.174. The van der Waals surface area contributed by atoms with Crippen molar-refractivity contribution in [1.82, 2.24) is 9.55 Å². The summed E-state index contributed by atoms with van der Waals surface area (Å²) in [6.45, 7) is -0.214. The number of hydrogen-bond acceptors (Lipinski definition) is 10. The van der Waals surface area contributed by atoms with Crippen molar-refractivity contribution in [3.8, 4) is 11.3 Å². The fourth-order valence-electron chi connectivity index (χ4n) is 3.21. The monoisotopic (exact) mass is 557 g/mol. The Labute approximate surface area is 222 Å². The van der Waals surface area contributed by atoms with Crippen molar-refractivity contribution in [3.63, 3.8) is 0 Å². The highest BCUT2D eigenvalue weighted by Gasteiger charge is 2.15. The van der Waals surface area contributed by atoms with Gasteiger partial charge >= 0.3 is 5.97 Å². The number of amides is 2. The molecule has 37 heavy (non-hydrogen) atoms. The molecule has 0 saturated carbocycles. The number of methoxy groups -OCH3 is 1. The van der Waals surface area contributed by atoms with Gasteiger partial charge in [-0.1, -0.05) is 41.7 Å². The summed E-state index contributed by atoms with van der Waals surface area (Å²) in [5.41, 5.74) is 2.10. The molecule has 0 aliphatic heterocycles. The van der Waals surface area contributed by atoms with E-state index in [2.05, 4.69) is 15.3 Å². The van der Waals surface area contributed by atoms with Crippen LogP contribution in [0.3, 0.4) is 0 Å². The summed E-state index contributed by atoms with van der Waals surface area (Å²) in [6.07, 6.45) is 0. The molecular weight excluding hydrogens is 538 g/mol. The van der Waals surface area contributed by atoms with E-state index in [1.54, 1.807) is 0 Å². The van der Waals surface area contributed by atoms with Crippen LogP contribution >= 0.6 is 34.4 Å². The van der Waals surface area contributed by atoms with Gasteiger partial charge in [0.25, 0.3) is 11.6 Å². The highest BCUT2D eigenvalue weighted by Crippen LogP contribution is 2.25. The van der Waals surface area contributed by atoms with Gasteiger partial charge in [0.2, 0.25) is 5.91 Å². The zero-order valence-electron chi connectivity index (χ0n) is 19.3. The number of ether oxygens (including phenoxy) is 1.